The Balaban J connectivity index is 1.37. The molecule has 0 spiro atoms. The molecule has 0 saturated heterocycles. The molecule has 0 aliphatic carbocycles. The normalized spacial score (nSPS) is 17.1. The summed E-state index contributed by atoms with van der Waals surface area (Å²) in [6.07, 6.45) is 2.91. The quantitative estimate of drug-likeness (QED) is 0.518. The van der Waals surface area contributed by atoms with Crippen LogP contribution in [0.5, 0.6) is 11.5 Å². The topological polar surface area (TPSA) is 141 Å². The standard InChI is InChI=1S/C24H25N7O6/c1-4-8-30-22-20(23(33)31(9-5-2)24(30)34)26-21(27-22)15-11-19(28-29(15)3)35-12-18(32)25-14-6-7-16-17(10-14)37-13-36-16/h6-7,10-11H,4-5,8-9,12-13H2,1-3H3/p+1. The number of hydrogen-bond acceptors (Lipinski definition) is 9. The molecule has 0 radical (unpaired) electrons. The zero-order valence-electron chi connectivity index (χ0n) is 20.7. The number of ether oxygens (including phenoxy) is 3. The molecule has 1 aromatic carbocycles. The number of benzene rings is 1. The van der Waals surface area contributed by atoms with E-state index in [2.05, 4.69) is 20.4 Å². The Morgan fingerprint density at radius 1 is 1.11 bits per heavy atom. The average molecular weight is 509 g/mol. The van der Waals surface area contributed by atoms with Crippen LogP contribution < -0.4 is 36.9 Å². The molecule has 2 aromatic rings. The minimum Gasteiger partial charge on any atom is -0.463 e. The molecule has 1 N–H and O–H groups in total. The molecule has 5 rings (SSSR count). The molecule has 3 aliphatic heterocycles. The van der Waals surface area contributed by atoms with Gasteiger partial charge in [0.2, 0.25) is 12.6 Å². The number of carbonyl (C=O) groups is 1. The number of azo groups is 2. The van der Waals surface area contributed by atoms with Crippen LogP contribution in [0.15, 0.2) is 66.4 Å². The van der Waals surface area contributed by atoms with Crippen molar-refractivity contribution in [1.29, 1.82) is 0 Å². The van der Waals surface area contributed by atoms with Crippen LogP contribution in [0.2, 0.25) is 0 Å². The van der Waals surface area contributed by atoms with Gasteiger partial charge in [0.05, 0.1) is 6.08 Å². The van der Waals surface area contributed by atoms with Crippen molar-refractivity contribution in [2.24, 2.45) is 15.1 Å². The monoisotopic (exact) mass is 508 g/mol. The second-order valence-corrected chi connectivity index (χ2v) is 8.51. The molecular formula is C24H26N7O6+. The molecule has 1 amide bonds. The van der Waals surface area contributed by atoms with E-state index >= 15 is 0 Å². The zero-order valence-corrected chi connectivity index (χ0v) is 20.7. The van der Waals surface area contributed by atoms with Crippen molar-refractivity contribution in [3.8, 4) is 11.5 Å². The highest BCUT2D eigenvalue weighted by Crippen LogP contribution is 2.34. The van der Waals surface area contributed by atoms with Gasteiger partial charge in [-0.2, -0.15) is 0 Å². The SMILES string of the molecule is CCCn1c(=O)c2c(n(CCC)c1=O)=NC(=C1C=C(OCC(=O)Nc3ccc4c(c3)OCO4)N=[N+]1C)N=2. The Morgan fingerprint density at radius 2 is 1.86 bits per heavy atom. The van der Waals surface area contributed by atoms with Crippen molar-refractivity contribution in [2.75, 3.05) is 25.8 Å². The maximum Gasteiger partial charge on any atom is 0.332 e. The molecule has 3 aliphatic rings. The van der Waals surface area contributed by atoms with Crippen molar-refractivity contribution in [3.63, 3.8) is 0 Å². The number of likely N-dealkylation sites (N-methyl/N-ethyl adjacent to an activating group) is 1. The smallest absolute Gasteiger partial charge is 0.332 e. The number of nitrogens with one attached hydrogen (secondary N) is 1. The Hall–Kier alpha value is -4.55. The lowest BCUT2D eigenvalue weighted by molar-refractivity contribution is -0.506. The predicted molar refractivity (Wildman–Crippen MR) is 129 cm³/mol. The number of amides is 1. The highest BCUT2D eigenvalue weighted by atomic mass is 16.7. The molecule has 0 atom stereocenters. The second-order valence-electron chi connectivity index (χ2n) is 8.51. The van der Waals surface area contributed by atoms with Crippen LogP contribution in [0.25, 0.3) is 0 Å². The molecule has 1 aromatic heterocycles. The minimum absolute atomic E-state index is 0.128. The molecule has 13 heteroatoms. The van der Waals surface area contributed by atoms with E-state index < -0.39 is 11.2 Å². The first-order chi connectivity index (χ1) is 17.9. The summed E-state index contributed by atoms with van der Waals surface area (Å²) in [5.74, 6) is 1.21. The maximum atomic E-state index is 13.0. The largest absolute Gasteiger partial charge is 0.463 e. The summed E-state index contributed by atoms with van der Waals surface area (Å²) in [4.78, 5) is 47.2. The summed E-state index contributed by atoms with van der Waals surface area (Å²) < 4.78 is 20.3. The van der Waals surface area contributed by atoms with Crippen LogP contribution in [0, 0.1) is 0 Å². The molecule has 0 unspecified atom stereocenters. The fourth-order valence-corrected chi connectivity index (χ4v) is 4.11. The van der Waals surface area contributed by atoms with E-state index in [-0.39, 0.29) is 41.9 Å². The Morgan fingerprint density at radius 3 is 2.65 bits per heavy atom. The van der Waals surface area contributed by atoms with E-state index in [1.165, 1.54) is 13.8 Å². The molecule has 192 valence electrons. The van der Waals surface area contributed by atoms with Crippen LogP contribution >= 0.6 is 0 Å². The van der Waals surface area contributed by atoms with Gasteiger partial charge in [-0.05, 0) is 25.0 Å². The van der Waals surface area contributed by atoms with Crippen molar-refractivity contribution >= 4 is 11.6 Å². The summed E-state index contributed by atoms with van der Waals surface area (Å²) in [5, 5.41) is 7.13. The van der Waals surface area contributed by atoms with Gasteiger partial charge in [-0.1, -0.05) is 18.5 Å². The van der Waals surface area contributed by atoms with Gasteiger partial charge in [0.25, 0.3) is 23.0 Å². The highest BCUT2D eigenvalue weighted by Gasteiger charge is 2.28. The lowest BCUT2D eigenvalue weighted by Crippen LogP contribution is -2.57. The van der Waals surface area contributed by atoms with Crippen LogP contribution in [0.1, 0.15) is 26.7 Å². The van der Waals surface area contributed by atoms with Gasteiger partial charge in [0.15, 0.2) is 36.0 Å². The molecule has 13 nitrogen and oxygen atoms in total. The third kappa shape index (κ3) is 4.55. The Kier molecular flexibility index (Phi) is 6.42. The van der Waals surface area contributed by atoms with Crippen molar-refractivity contribution in [3.05, 3.63) is 73.4 Å². The number of allylic oxidation sites excluding steroid dienone is 1. The second kappa shape index (κ2) is 9.84. The third-order valence-electron chi connectivity index (χ3n) is 5.79. The maximum absolute atomic E-state index is 13.0. The van der Waals surface area contributed by atoms with E-state index in [1.807, 2.05) is 13.8 Å². The van der Waals surface area contributed by atoms with Gasteiger partial charge in [-0.3, -0.25) is 18.7 Å². The molecule has 4 heterocycles. The number of carbonyl (C=O) groups excluding carboxylic acids is 1. The van der Waals surface area contributed by atoms with Crippen LogP contribution in [0.4, 0.5) is 5.69 Å². The number of nitrogens with zero attached hydrogens (tertiary/aromatic N) is 6. The van der Waals surface area contributed by atoms with Crippen LogP contribution in [-0.2, 0) is 22.6 Å². The van der Waals surface area contributed by atoms with Crippen molar-refractivity contribution < 1.29 is 23.7 Å². The van der Waals surface area contributed by atoms with Gasteiger partial charge in [-0.25, -0.2) is 14.8 Å². The van der Waals surface area contributed by atoms with Crippen LogP contribution in [0.3, 0.4) is 0 Å². The summed E-state index contributed by atoms with van der Waals surface area (Å²) in [6.45, 7) is 4.42. The van der Waals surface area contributed by atoms with E-state index in [0.29, 0.717) is 48.8 Å². The van der Waals surface area contributed by atoms with Crippen LogP contribution in [-0.4, -0.2) is 40.2 Å². The highest BCUT2D eigenvalue weighted by molar-refractivity contribution is 5.92. The van der Waals surface area contributed by atoms with Crippen molar-refractivity contribution in [2.45, 2.75) is 39.8 Å². The Labute approximate surface area is 210 Å². The Bertz CT molecular complexity index is 1630. The van der Waals surface area contributed by atoms with Gasteiger partial charge >= 0.3 is 5.69 Å². The fourth-order valence-electron chi connectivity index (χ4n) is 4.11. The minimum atomic E-state index is -0.466. The zero-order chi connectivity index (χ0) is 26.1. The van der Waals surface area contributed by atoms with E-state index in [1.54, 1.807) is 31.3 Å². The molecule has 0 fully saturated rings. The summed E-state index contributed by atoms with van der Waals surface area (Å²) in [5.41, 5.74) is 0.399. The average Bonchev–Trinajstić information content (AvgIpc) is 3.61. The summed E-state index contributed by atoms with van der Waals surface area (Å²) >= 11 is 0. The lowest BCUT2D eigenvalue weighted by Gasteiger charge is -2.07. The number of rotatable bonds is 8. The van der Waals surface area contributed by atoms with E-state index in [0.717, 1.165) is 0 Å². The van der Waals surface area contributed by atoms with Gasteiger partial charge < -0.3 is 19.5 Å². The molecule has 0 bridgehead atoms. The molecular weight excluding hydrogens is 482 g/mol. The molecule has 37 heavy (non-hydrogen) atoms. The summed E-state index contributed by atoms with van der Waals surface area (Å²) in [7, 11) is 1.67. The number of fused-ring (bicyclic) bond motifs is 2. The van der Waals surface area contributed by atoms with Gasteiger partial charge in [0.1, 0.15) is 0 Å². The first-order valence-electron chi connectivity index (χ1n) is 11.9. The first-order valence-corrected chi connectivity index (χ1v) is 11.9. The first kappa shape index (κ1) is 24.2. The van der Waals surface area contributed by atoms with Crippen molar-refractivity contribution in [1.82, 2.24) is 9.13 Å². The predicted octanol–water partition coefficient (Wildman–Crippen LogP) is 0.585. The number of aromatic nitrogens is 2. The molecule has 0 saturated carbocycles. The number of anilines is 1. The van der Waals surface area contributed by atoms with E-state index in [4.69, 9.17) is 14.2 Å². The van der Waals surface area contributed by atoms with Gasteiger partial charge in [-0.15, -0.1) is 0 Å². The van der Waals surface area contributed by atoms with Gasteiger partial charge in [0, 0.05) is 30.0 Å². The fraction of sp³-hybridized carbons (Fsp3) is 0.375. The number of hydrogen-bond donors (Lipinski definition) is 1. The summed E-state index contributed by atoms with van der Waals surface area (Å²) in [6, 6.07) is 5.09. The lowest BCUT2D eigenvalue weighted by atomic mass is 10.3. The van der Waals surface area contributed by atoms with E-state index in [9.17, 15) is 14.4 Å². The third-order valence-corrected chi connectivity index (χ3v) is 5.79.